The van der Waals surface area contributed by atoms with Crippen LogP contribution in [0.2, 0.25) is 5.02 Å². The molecule has 1 aromatic carbocycles. The van der Waals surface area contributed by atoms with Crippen LogP contribution in [-0.2, 0) is 16.1 Å². The lowest BCUT2D eigenvalue weighted by Gasteiger charge is -2.05. The monoisotopic (exact) mass is 323 g/mol. The molecule has 1 aromatic rings. The second-order valence-corrected chi connectivity index (χ2v) is 4.79. The van der Waals surface area contributed by atoms with Gasteiger partial charge in [0.1, 0.15) is 0 Å². The van der Waals surface area contributed by atoms with Gasteiger partial charge in [-0.1, -0.05) is 29.8 Å². The fourth-order valence-corrected chi connectivity index (χ4v) is 1.52. The van der Waals surface area contributed by atoms with Gasteiger partial charge in [0.15, 0.2) is 0 Å². The summed E-state index contributed by atoms with van der Waals surface area (Å²) < 4.78 is 31.7. The van der Waals surface area contributed by atoms with E-state index in [1.807, 2.05) is 24.3 Å². The molecule has 1 aliphatic carbocycles. The van der Waals surface area contributed by atoms with Crippen molar-refractivity contribution in [2.75, 3.05) is 0 Å². The Kier molecular flexibility index (Phi) is 6.02. The zero-order valence-electron chi connectivity index (χ0n) is 10.8. The topological polar surface area (TPSA) is 66.4 Å². The van der Waals surface area contributed by atoms with Crippen LogP contribution in [0, 0.1) is 5.92 Å². The number of nitrogens with one attached hydrogen (secondary N) is 1. The number of carboxylic acids is 1. The summed E-state index contributed by atoms with van der Waals surface area (Å²) in [5, 5.41) is 10.7. The molecule has 116 valence electrons. The van der Waals surface area contributed by atoms with Gasteiger partial charge in [-0.05, 0) is 24.5 Å². The second-order valence-electron chi connectivity index (χ2n) is 4.39. The van der Waals surface area contributed by atoms with Crippen LogP contribution in [0.15, 0.2) is 24.3 Å². The molecule has 21 heavy (non-hydrogen) atoms. The smallest absolute Gasteiger partial charge is 0.475 e. The van der Waals surface area contributed by atoms with Crippen LogP contribution >= 0.6 is 11.6 Å². The predicted molar refractivity (Wildman–Crippen MR) is 69.7 cm³/mol. The average Bonchev–Trinajstić information content (AvgIpc) is 3.21. The van der Waals surface area contributed by atoms with Crippen LogP contribution in [0.3, 0.4) is 0 Å². The Morgan fingerprint density at radius 3 is 2.24 bits per heavy atom. The lowest BCUT2D eigenvalue weighted by Crippen LogP contribution is -2.24. The van der Waals surface area contributed by atoms with Gasteiger partial charge in [0.2, 0.25) is 5.91 Å². The largest absolute Gasteiger partial charge is 0.490 e. The summed E-state index contributed by atoms with van der Waals surface area (Å²) in [5.74, 6) is -2.34. The highest BCUT2D eigenvalue weighted by Crippen LogP contribution is 2.29. The van der Waals surface area contributed by atoms with Crippen molar-refractivity contribution in [3.8, 4) is 0 Å². The Labute approximate surface area is 123 Å². The van der Waals surface area contributed by atoms with Crippen LogP contribution in [-0.4, -0.2) is 23.2 Å². The van der Waals surface area contributed by atoms with Crippen LogP contribution in [0.5, 0.6) is 0 Å². The standard InChI is InChI=1S/C11H12ClNO.C2HF3O2/c12-10-4-2-1-3-9(10)7-13-11(14)8-5-6-8;3-2(4,5)1(6)7/h1-4,8H,5-7H2,(H,13,14);(H,6,7). The summed E-state index contributed by atoms with van der Waals surface area (Å²) in [6.45, 7) is 0.537. The van der Waals surface area contributed by atoms with Crippen molar-refractivity contribution in [1.29, 1.82) is 0 Å². The normalized spacial score (nSPS) is 13.9. The van der Waals surface area contributed by atoms with E-state index in [4.69, 9.17) is 21.5 Å². The fraction of sp³-hybridized carbons (Fsp3) is 0.385. The lowest BCUT2D eigenvalue weighted by atomic mass is 10.2. The van der Waals surface area contributed by atoms with Crippen molar-refractivity contribution >= 4 is 23.5 Å². The van der Waals surface area contributed by atoms with Crippen molar-refractivity contribution in [1.82, 2.24) is 5.32 Å². The number of carbonyl (C=O) groups is 2. The Bertz CT molecular complexity index is 516. The summed E-state index contributed by atoms with van der Waals surface area (Å²) >= 11 is 5.95. The molecule has 0 atom stereocenters. The molecule has 0 unspecified atom stereocenters. The molecule has 2 rings (SSSR count). The maximum atomic E-state index is 11.3. The van der Waals surface area contributed by atoms with Crippen molar-refractivity contribution in [3.05, 3.63) is 34.9 Å². The van der Waals surface area contributed by atoms with Gasteiger partial charge in [-0.15, -0.1) is 0 Å². The van der Waals surface area contributed by atoms with Gasteiger partial charge >= 0.3 is 12.1 Å². The number of hydrogen-bond donors (Lipinski definition) is 2. The molecule has 0 radical (unpaired) electrons. The molecule has 8 heteroatoms. The van der Waals surface area contributed by atoms with E-state index in [1.54, 1.807) is 0 Å². The number of alkyl halides is 3. The minimum Gasteiger partial charge on any atom is -0.475 e. The van der Waals surface area contributed by atoms with Crippen LogP contribution < -0.4 is 5.32 Å². The highest BCUT2D eigenvalue weighted by molar-refractivity contribution is 6.31. The van der Waals surface area contributed by atoms with Gasteiger partial charge in [-0.2, -0.15) is 13.2 Å². The zero-order valence-corrected chi connectivity index (χ0v) is 11.5. The number of carboxylic acid groups (broad SMARTS) is 1. The van der Waals surface area contributed by atoms with Crippen molar-refractivity contribution in [2.45, 2.75) is 25.6 Å². The SMILES string of the molecule is O=C(NCc1ccccc1Cl)C1CC1.O=C(O)C(F)(F)F. The van der Waals surface area contributed by atoms with Crippen molar-refractivity contribution < 1.29 is 27.9 Å². The van der Waals surface area contributed by atoms with E-state index >= 15 is 0 Å². The molecular weight excluding hydrogens is 311 g/mol. The Balaban J connectivity index is 0.000000270. The first-order valence-corrected chi connectivity index (χ1v) is 6.41. The van der Waals surface area contributed by atoms with E-state index in [-0.39, 0.29) is 11.8 Å². The Morgan fingerprint density at radius 2 is 1.81 bits per heavy atom. The first-order valence-electron chi connectivity index (χ1n) is 6.03. The van der Waals surface area contributed by atoms with Crippen molar-refractivity contribution in [2.24, 2.45) is 5.92 Å². The van der Waals surface area contributed by atoms with Gasteiger partial charge in [0, 0.05) is 17.5 Å². The summed E-state index contributed by atoms with van der Waals surface area (Å²) in [6.07, 6.45) is -3.01. The van der Waals surface area contributed by atoms with E-state index in [1.165, 1.54) is 0 Å². The van der Waals surface area contributed by atoms with Gasteiger partial charge < -0.3 is 10.4 Å². The van der Waals surface area contributed by atoms with Gasteiger partial charge in [0.05, 0.1) is 0 Å². The molecule has 0 spiro atoms. The van der Waals surface area contributed by atoms with Crippen molar-refractivity contribution in [3.63, 3.8) is 0 Å². The first kappa shape index (κ1) is 17.3. The highest BCUT2D eigenvalue weighted by Gasteiger charge is 2.38. The molecule has 1 amide bonds. The number of aliphatic carboxylic acids is 1. The Morgan fingerprint density at radius 1 is 1.29 bits per heavy atom. The van der Waals surface area contributed by atoms with E-state index in [0.717, 1.165) is 18.4 Å². The summed E-state index contributed by atoms with van der Waals surface area (Å²) in [4.78, 5) is 20.2. The van der Waals surface area contributed by atoms with Crippen LogP contribution in [0.4, 0.5) is 13.2 Å². The van der Waals surface area contributed by atoms with E-state index in [9.17, 15) is 18.0 Å². The van der Waals surface area contributed by atoms with E-state index < -0.39 is 12.1 Å². The second kappa shape index (κ2) is 7.31. The van der Waals surface area contributed by atoms with E-state index in [0.29, 0.717) is 11.6 Å². The number of halogens is 4. The number of carbonyl (C=O) groups excluding carboxylic acids is 1. The molecule has 0 saturated heterocycles. The van der Waals surface area contributed by atoms with Crippen LogP contribution in [0.25, 0.3) is 0 Å². The minimum atomic E-state index is -5.08. The number of amides is 1. The summed E-state index contributed by atoms with van der Waals surface area (Å²) in [6, 6.07) is 7.56. The molecule has 4 nitrogen and oxygen atoms in total. The maximum absolute atomic E-state index is 11.3. The van der Waals surface area contributed by atoms with Gasteiger partial charge in [-0.3, -0.25) is 4.79 Å². The third-order valence-electron chi connectivity index (χ3n) is 2.60. The molecule has 0 bridgehead atoms. The minimum absolute atomic E-state index is 0.157. The zero-order chi connectivity index (χ0) is 16.0. The van der Waals surface area contributed by atoms with E-state index in [2.05, 4.69) is 5.32 Å². The molecule has 2 N–H and O–H groups in total. The number of benzene rings is 1. The number of rotatable bonds is 3. The maximum Gasteiger partial charge on any atom is 0.490 e. The van der Waals surface area contributed by atoms with Gasteiger partial charge in [-0.25, -0.2) is 4.79 Å². The summed E-state index contributed by atoms with van der Waals surface area (Å²) in [7, 11) is 0. The Hall–Kier alpha value is -1.76. The molecule has 1 saturated carbocycles. The van der Waals surface area contributed by atoms with Crippen LogP contribution in [0.1, 0.15) is 18.4 Å². The summed E-state index contributed by atoms with van der Waals surface area (Å²) in [5.41, 5.74) is 0.975. The molecule has 1 fully saturated rings. The molecule has 0 aliphatic heterocycles. The number of hydrogen-bond acceptors (Lipinski definition) is 2. The predicted octanol–water partition coefficient (Wildman–Crippen LogP) is 3.00. The highest BCUT2D eigenvalue weighted by atomic mass is 35.5. The van der Waals surface area contributed by atoms with Gasteiger partial charge in [0.25, 0.3) is 0 Å². The first-order chi connectivity index (χ1) is 9.71. The third kappa shape index (κ3) is 6.48. The molecule has 0 heterocycles. The average molecular weight is 324 g/mol. The lowest BCUT2D eigenvalue weighted by molar-refractivity contribution is -0.192. The molecule has 1 aliphatic rings. The fourth-order valence-electron chi connectivity index (χ4n) is 1.31. The quantitative estimate of drug-likeness (QED) is 0.898. The molecular formula is C13H13ClF3NO3. The molecule has 0 aromatic heterocycles. The third-order valence-corrected chi connectivity index (χ3v) is 2.97.